The first kappa shape index (κ1) is 20.1. The molecule has 0 spiro atoms. The zero-order valence-electron chi connectivity index (χ0n) is 14.6. The lowest BCUT2D eigenvalue weighted by molar-refractivity contribution is -0.126. The van der Waals surface area contributed by atoms with Crippen molar-refractivity contribution in [2.45, 2.75) is 26.7 Å². The van der Waals surface area contributed by atoms with Gasteiger partial charge in [-0.1, -0.05) is 32.0 Å². The van der Waals surface area contributed by atoms with Crippen LogP contribution < -0.4 is 16.0 Å². The van der Waals surface area contributed by atoms with E-state index in [9.17, 15) is 9.59 Å². The first-order valence-corrected chi connectivity index (χ1v) is 8.48. The number of para-hydroxylation sites is 1. The number of benzene rings is 1. The number of carbonyl (C=O) groups excluding carboxylic acids is 2. The second-order valence-electron chi connectivity index (χ2n) is 6.00. The molecule has 6 heteroatoms. The maximum Gasteiger partial charge on any atom is 0.233 e. The first-order valence-electron chi connectivity index (χ1n) is 8.48. The number of nitrogens with one attached hydrogen (secondary N) is 3. The van der Waals surface area contributed by atoms with Crippen molar-refractivity contribution in [3.05, 3.63) is 30.3 Å². The van der Waals surface area contributed by atoms with Crippen molar-refractivity contribution in [2.24, 2.45) is 5.92 Å². The zero-order chi connectivity index (χ0) is 17.6. The summed E-state index contributed by atoms with van der Waals surface area (Å²) in [5.74, 6) is 0.0294. The molecule has 6 nitrogen and oxygen atoms in total. The summed E-state index contributed by atoms with van der Waals surface area (Å²) in [6.45, 7) is 7.83. The number of rotatable bonds is 12. The molecule has 0 unspecified atom stereocenters. The van der Waals surface area contributed by atoms with Crippen LogP contribution in [0.3, 0.4) is 0 Å². The average Bonchev–Trinajstić information content (AvgIpc) is 2.53. The summed E-state index contributed by atoms with van der Waals surface area (Å²) in [6, 6.07) is 9.07. The molecule has 0 aliphatic rings. The predicted molar refractivity (Wildman–Crippen MR) is 95.8 cm³/mol. The van der Waals surface area contributed by atoms with E-state index in [0.29, 0.717) is 31.4 Å². The summed E-state index contributed by atoms with van der Waals surface area (Å²) in [4.78, 5) is 23.3. The summed E-state index contributed by atoms with van der Waals surface area (Å²) in [5, 5.41) is 8.69. The molecule has 0 saturated carbocycles. The van der Waals surface area contributed by atoms with Gasteiger partial charge in [0.05, 0.1) is 6.61 Å². The summed E-state index contributed by atoms with van der Waals surface area (Å²) in [5.41, 5.74) is 0.685. The van der Waals surface area contributed by atoms with Crippen molar-refractivity contribution in [3.8, 4) is 0 Å². The molecule has 2 amide bonds. The van der Waals surface area contributed by atoms with E-state index < -0.39 is 0 Å². The van der Waals surface area contributed by atoms with Crippen LogP contribution in [0.4, 0.5) is 5.69 Å². The van der Waals surface area contributed by atoms with E-state index in [4.69, 9.17) is 4.74 Å². The minimum atomic E-state index is -0.323. The lowest BCUT2D eigenvalue weighted by Crippen LogP contribution is -2.31. The van der Waals surface area contributed by atoms with Crippen LogP contribution in [0.15, 0.2) is 30.3 Å². The Morgan fingerprint density at radius 3 is 2.50 bits per heavy atom. The fourth-order valence-corrected chi connectivity index (χ4v) is 1.99. The molecule has 134 valence electrons. The van der Waals surface area contributed by atoms with E-state index in [0.717, 1.165) is 19.5 Å². The highest BCUT2D eigenvalue weighted by Gasteiger charge is 2.08. The van der Waals surface area contributed by atoms with Crippen molar-refractivity contribution in [3.63, 3.8) is 0 Å². The Bertz CT molecular complexity index is 478. The predicted octanol–water partition coefficient (Wildman–Crippen LogP) is 1.78. The Hall–Kier alpha value is -1.92. The van der Waals surface area contributed by atoms with Crippen LogP contribution >= 0.6 is 0 Å². The number of carbonyl (C=O) groups is 2. The maximum atomic E-state index is 11.7. The van der Waals surface area contributed by atoms with E-state index in [-0.39, 0.29) is 18.2 Å². The highest BCUT2D eigenvalue weighted by molar-refractivity contribution is 6.03. The zero-order valence-corrected chi connectivity index (χ0v) is 14.6. The minimum absolute atomic E-state index is 0.186. The molecule has 0 fully saturated rings. The van der Waals surface area contributed by atoms with Gasteiger partial charge in [-0.3, -0.25) is 9.59 Å². The quantitative estimate of drug-likeness (QED) is 0.402. The first-order chi connectivity index (χ1) is 11.6. The highest BCUT2D eigenvalue weighted by Crippen LogP contribution is 2.05. The van der Waals surface area contributed by atoms with E-state index in [1.807, 2.05) is 18.2 Å². The van der Waals surface area contributed by atoms with Crippen LogP contribution in [0.2, 0.25) is 0 Å². The summed E-state index contributed by atoms with van der Waals surface area (Å²) in [7, 11) is 0. The third-order valence-electron chi connectivity index (χ3n) is 3.14. The molecule has 0 aromatic heterocycles. The van der Waals surface area contributed by atoms with Gasteiger partial charge in [0.25, 0.3) is 0 Å². The molecule has 24 heavy (non-hydrogen) atoms. The SMILES string of the molecule is CC(C)CNCCCOCCNC(=O)CC(=O)Nc1ccccc1. The van der Waals surface area contributed by atoms with Gasteiger partial charge in [-0.05, 0) is 37.6 Å². The van der Waals surface area contributed by atoms with Gasteiger partial charge in [0, 0.05) is 18.8 Å². The smallest absolute Gasteiger partial charge is 0.233 e. The van der Waals surface area contributed by atoms with Gasteiger partial charge in [0.1, 0.15) is 6.42 Å². The van der Waals surface area contributed by atoms with Crippen LogP contribution in [0, 0.1) is 5.92 Å². The van der Waals surface area contributed by atoms with Gasteiger partial charge in [-0.15, -0.1) is 0 Å². The molecular weight excluding hydrogens is 306 g/mol. The molecule has 0 radical (unpaired) electrons. The molecular formula is C18H29N3O3. The topological polar surface area (TPSA) is 79.5 Å². The number of anilines is 1. The second kappa shape index (κ2) is 12.5. The van der Waals surface area contributed by atoms with Gasteiger partial charge < -0.3 is 20.7 Å². The normalized spacial score (nSPS) is 10.6. The van der Waals surface area contributed by atoms with Crippen LogP contribution in [0.1, 0.15) is 26.7 Å². The van der Waals surface area contributed by atoms with Gasteiger partial charge in [-0.25, -0.2) is 0 Å². The van der Waals surface area contributed by atoms with Gasteiger partial charge in [-0.2, -0.15) is 0 Å². The number of amides is 2. The molecule has 1 rings (SSSR count). The summed E-state index contributed by atoms with van der Waals surface area (Å²) >= 11 is 0. The van der Waals surface area contributed by atoms with Crippen molar-refractivity contribution < 1.29 is 14.3 Å². The third-order valence-corrected chi connectivity index (χ3v) is 3.14. The Kier molecular flexibility index (Phi) is 10.5. The van der Waals surface area contributed by atoms with Gasteiger partial charge in [0.15, 0.2) is 0 Å². The average molecular weight is 335 g/mol. The van der Waals surface area contributed by atoms with Crippen molar-refractivity contribution in [1.29, 1.82) is 0 Å². The third kappa shape index (κ3) is 10.7. The van der Waals surface area contributed by atoms with Crippen LogP contribution in [0.25, 0.3) is 0 Å². The lowest BCUT2D eigenvalue weighted by Gasteiger charge is -2.09. The molecule has 0 saturated heterocycles. The fraction of sp³-hybridized carbons (Fsp3) is 0.556. The molecule has 0 aliphatic carbocycles. The molecule has 0 aliphatic heterocycles. The second-order valence-corrected chi connectivity index (χ2v) is 6.00. The molecule has 1 aromatic carbocycles. The van der Waals surface area contributed by atoms with E-state index in [1.165, 1.54) is 0 Å². The van der Waals surface area contributed by atoms with Gasteiger partial charge >= 0.3 is 0 Å². The van der Waals surface area contributed by atoms with Gasteiger partial charge in [0.2, 0.25) is 11.8 Å². The molecule has 1 aromatic rings. The standard InChI is InChI=1S/C18H29N3O3/c1-15(2)14-19-9-6-11-24-12-10-20-17(22)13-18(23)21-16-7-4-3-5-8-16/h3-5,7-8,15,19H,6,9-14H2,1-2H3,(H,20,22)(H,21,23). The number of hydrogen-bond donors (Lipinski definition) is 3. The molecule has 0 atom stereocenters. The van der Waals surface area contributed by atoms with E-state index in [2.05, 4.69) is 29.8 Å². The summed E-state index contributed by atoms with van der Waals surface area (Å²) in [6.07, 6.45) is 0.758. The van der Waals surface area contributed by atoms with Crippen molar-refractivity contribution >= 4 is 17.5 Å². The summed E-state index contributed by atoms with van der Waals surface area (Å²) < 4.78 is 5.44. The Morgan fingerprint density at radius 1 is 1.04 bits per heavy atom. The Labute approximate surface area is 144 Å². The lowest BCUT2D eigenvalue weighted by atomic mass is 10.2. The molecule has 0 bridgehead atoms. The monoisotopic (exact) mass is 335 g/mol. The van der Waals surface area contributed by atoms with Crippen molar-refractivity contribution in [1.82, 2.24) is 10.6 Å². The minimum Gasteiger partial charge on any atom is -0.380 e. The Balaban J connectivity index is 1.97. The number of hydrogen-bond acceptors (Lipinski definition) is 4. The maximum absolute atomic E-state index is 11.7. The molecule has 3 N–H and O–H groups in total. The van der Waals surface area contributed by atoms with E-state index in [1.54, 1.807) is 12.1 Å². The van der Waals surface area contributed by atoms with E-state index >= 15 is 0 Å². The largest absolute Gasteiger partial charge is 0.380 e. The van der Waals surface area contributed by atoms with Crippen LogP contribution in [-0.4, -0.2) is 44.7 Å². The Morgan fingerprint density at radius 2 is 1.79 bits per heavy atom. The fourth-order valence-electron chi connectivity index (χ4n) is 1.99. The van der Waals surface area contributed by atoms with Crippen LogP contribution in [0.5, 0.6) is 0 Å². The number of ether oxygens (including phenoxy) is 1. The molecule has 0 heterocycles. The van der Waals surface area contributed by atoms with Crippen LogP contribution in [-0.2, 0) is 14.3 Å². The van der Waals surface area contributed by atoms with Crippen molar-refractivity contribution in [2.75, 3.05) is 38.2 Å². The highest BCUT2D eigenvalue weighted by atomic mass is 16.5.